The molecule has 0 saturated heterocycles. The normalized spacial score (nSPS) is 30.5. The van der Waals surface area contributed by atoms with Crippen molar-refractivity contribution in [3.8, 4) is 0 Å². The van der Waals surface area contributed by atoms with E-state index < -0.39 is 18.1 Å². The summed E-state index contributed by atoms with van der Waals surface area (Å²) in [7, 11) is 0. The molecule has 2 atom stereocenters. The zero-order valence-corrected chi connectivity index (χ0v) is 9.80. The first-order valence-electron chi connectivity index (χ1n) is 5.93. The minimum Gasteiger partial charge on any atom is -0.394 e. The van der Waals surface area contributed by atoms with E-state index in [9.17, 15) is 13.2 Å². The van der Waals surface area contributed by atoms with Crippen molar-refractivity contribution in [2.75, 3.05) is 13.2 Å². The summed E-state index contributed by atoms with van der Waals surface area (Å²) in [6.07, 6.45) is -2.13. The van der Waals surface area contributed by atoms with Gasteiger partial charge in [-0.05, 0) is 32.1 Å². The Morgan fingerprint density at radius 3 is 2.71 bits per heavy atom. The van der Waals surface area contributed by atoms with Crippen LogP contribution in [0.4, 0.5) is 13.2 Å². The third kappa shape index (κ3) is 5.70. The Bertz CT molecular complexity index is 235. The van der Waals surface area contributed by atoms with Crippen LogP contribution in [0.1, 0.15) is 38.5 Å². The van der Waals surface area contributed by atoms with Crippen molar-refractivity contribution in [3.63, 3.8) is 0 Å². The van der Waals surface area contributed by atoms with E-state index in [1.54, 1.807) is 0 Å². The van der Waals surface area contributed by atoms with Crippen LogP contribution in [0.15, 0.2) is 0 Å². The number of halogens is 3. The van der Waals surface area contributed by atoms with E-state index in [2.05, 4.69) is 0 Å². The lowest BCUT2D eigenvalue weighted by Crippen LogP contribution is -2.49. The summed E-state index contributed by atoms with van der Waals surface area (Å²) in [4.78, 5) is 0. The molecule has 2 unspecified atom stereocenters. The highest BCUT2D eigenvalue weighted by Crippen LogP contribution is 2.28. The first-order chi connectivity index (χ1) is 7.85. The Morgan fingerprint density at radius 1 is 1.41 bits per heavy atom. The number of alkyl halides is 3. The van der Waals surface area contributed by atoms with Crippen molar-refractivity contribution in [1.82, 2.24) is 0 Å². The fraction of sp³-hybridized carbons (Fsp3) is 1.00. The van der Waals surface area contributed by atoms with E-state index in [0.717, 1.165) is 19.3 Å². The van der Waals surface area contributed by atoms with Gasteiger partial charge in [-0.15, -0.1) is 0 Å². The Labute approximate surface area is 99.1 Å². The molecule has 1 fully saturated rings. The van der Waals surface area contributed by atoms with Crippen LogP contribution in [0.2, 0.25) is 0 Å². The number of hydrogen-bond donors (Lipinski definition) is 2. The molecule has 0 aliphatic heterocycles. The van der Waals surface area contributed by atoms with E-state index in [1.807, 2.05) is 0 Å². The number of hydrogen-bond acceptors (Lipinski definition) is 3. The van der Waals surface area contributed by atoms with Gasteiger partial charge in [-0.3, -0.25) is 0 Å². The molecule has 0 spiro atoms. The van der Waals surface area contributed by atoms with Gasteiger partial charge in [0, 0.05) is 18.6 Å². The Kier molecular flexibility index (Phi) is 5.22. The van der Waals surface area contributed by atoms with Gasteiger partial charge in [-0.25, -0.2) is 0 Å². The molecule has 0 aromatic heterocycles. The first kappa shape index (κ1) is 14.7. The van der Waals surface area contributed by atoms with Crippen LogP contribution in [0.25, 0.3) is 0 Å². The predicted molar refractivity (Wildman–Crippen MR) is 57.5 cm³/mol. The number of aliphatic hydroxyl groups excluding tert-OH is 1. The zero-order valence-electron chi connectivity index (χ0n) is 9.80. The van der Waals surface area contributed by atoms with Crippen molar-refractivity contribution in [2.24, 2.45) is 5.73 Å². The maximum absolute atomic E-state index is 11.9. The van der Waals surface area contributed by atoms with Gasteiger partial charge in [-0.1, -0.05) is 0 Å². The van der Waals surface area contributed by atoms with Crippen LogP contribution >= 0.6 is 0 Å². The van der Waals surface area contributed by atoms with E-state index in [4.69, 9.17) is 15.6 Å². The molecule has 1 aliphatic carbocycles. The highest BCUT2D eigenvalue weighted by Gasteiger charge is 2.33. The van der Waals surface area contributed by atoms with Crippen LogP contribution in [0.5, 0.6) is 0 Å². The standard InChI is InChI=1S/C11H20F3NO2/c12-11(13,14)5-2-6-17-9-3-1-4-10(15,7-9)8-16/h9,16H,1-8,15H2. The summed E-state index contributed by atoms with van der Waals surface area (Å²) >= 11 is 0. The quantitative estimate of drug-likeness (QED) is 0.738. The van der Waals surface area contributed by atoms with Gasteiger partial charge < -0.3 is 15.6 Å². The van der Waals surface area contributed by atoms with Crippen molar-refractivity contribution < 1.29 is 23.0 Å². The number of ether oxygens (including phenoxy) is 1. The SMILES string of the molecule is NC1(CO)CCCC(OCCCC(F)(F)F)C1. The Morgan fingerprint density at radius 2 is 2.12 bits per heavy atom. The number of nitrogens with two attached hydrogens (primary N) is 1. The van der Waals surface area contributed by atoms with Crippen molar-refractivity contribution >= 4 is 0 Å². The molecule has 17 heavy (non-hydrogen) atoms. The molecular formula is C11H20F3NO2. The predicted octanol–water partition coefficient (Wildman–Crippen LogP) is 1.98. The second-order valence-corrected chi connectivity index (χ2v) is 4.83. The van der Waals surface area contributed by atoms with Gasteiger partial charge in [0.05, 0.1) is 12.7 Å². The van der Waals surface area contributed by atoms with Crippen LogP contribution in [-0.4, -0.2) is 36.1 Å². The first-order valence-corrected chi connectivity index (χ1v) is 5.93. The Balaban J connectivity index is 2.19. The van der Waals surface area contributed by atoms with Gasteiger partial charge in [0.2, 0.25) is 0 Å². The fourth-order valence-corrected chi connectivity index (χ4v) is 2.15. The summed E-state index contributed by atoms with van der Waals surface area (Å²) < 4.78 is 41.1. The van der Waals surface area contributed by atoms with Gasteiger partial charge >= 0.3 is 6.18 Å². The minimum absolute atomic E-state index is 0.0172. The molecule has 1 aliphatic rings. The van der Waals surface area contributed by atoms with Crippen LogP contribution < -0.4 is 5.73 Å². The lowest BCUT2D eigenvalue weighted by atomic mass is 9.81. The Hall–Kier alpha value is -0.330. The van der Waals surface area contributed by atoms with Gasteiger partial charge in [0.25, 0.3) is 0 Å². The highest BCUT2D eigenvalue weighted by atomic mass is 19.4. The van der Waals surface area contributed by atoms with Gasteiger partial charge in [-0.2, -0.15) is 13.2 Å². The average molecular weight is 255 g/mol. The van der Waals surface area contributed by atoms with Crippen molar-refractivity contribution in [3.05, 3.63) is 0 Å². The van der Waals surface area contributed by atoms with Gasteiger partial charge in [0.1, 0.15) is 0 Å². The van der Waals surface area contributed by atoms with E-state index in [1.165, 1.54) is 0 Å². The summed E-state index contributed by atoms with van der Waals surface area (Å²) in [6.45, 7) is 0.00109. The van der Waals surface area contributed by atoms with E-state index in [0.29, 0.717) is 6.42 Å². The third-order valence-electron chi connectivity index (χ3n) is 3.11. The third-order valence-corrected chi connectivity index (χ3v) is 3.11. The van der Waals surface area contributed by atoms with Gasteiger partial charge in [0.15, 0.2) is 0 Å². The smallest absolute Gasteiger partial charge is 0.389 e. The molecule has 1 rings (SSSR count). The molecule has 0 radical (unpaired) electrons. The average Bonchev–Trinajstić information content (AvgIpc) is 2.24. The molecule has 6 heteroatoms. The molecule has 3 N–H and O–H groups in total. The van der Waals surface area contributed by atoms with Crippen LogP contribution in [0, 0.1) is 0 Å². The van der Waals surface area contributed by atoms with E-state index in [-0.39, 0.29) is 25.7 Å². The molecule has 1 saturated carbocycles. The fourth-order valence-electron chi connectivity index (χ4n) is 2.15. The molecule has 0 amide bonds. The second-order valence-electron chi connectivity index (χ2n) is 4.83. The molecule has 0 aromatic carbocycles. The molecule has 3 nitrogen and oxygen atoms in total. The lowest BCUT2D eigenvalue weighted by Gasteiger charge is -2.36. The molecular weight excluding hydrogens is 235 g/mol. The van der Waals surface area contributed by atoms with Crippen molar-refractivity contribution in [1.29, 1.82) is 0 Å². The van der Waals surface area contributed by atoms with Crippen LogP contribution in [-0.2, 0) is 4.74 Å². The molecule has 0 bridgehead atoms. The zero-order chi connectivity index (χ0) is 12.9. The summed E-state index contributed by atoms with van der Waals surface area (Å²) in [5, 5.41) is 9.12. The number of rotatable bonds is 5. The van der Waals surface area contributed by atoms with Crippen molar-refractivity contribution in [2.45, 2.75) is 56.3 Å². The summed E-state index contributed by atoms with van der Waals surface area (Å²) in [6, 6.07) is 0. The second kappa shape index (κ2) is 6.02. The van der Waals surface area contributed by atoms with E-state index >= 15 is 0 Å². The summed E-state index contributed by atoms with van der Waals surface area (Å²) in [5.41, 5.74) is 5.29. The monoisotopic (exact) mass is 255 g/mol. The topological polar surface area (TPSA) is 55.5 Å². The molecule has 0 heterocycles. The largest absolute Gasteiger partial charge is 0.394 e. The lowest BCUT2D eigenvalue weighted by molar-refractivity contribution is -0.139. The number of aliphatic hydroxyl groups is 1. The van der Waals surface area contributed by atoms with Crippen LogP contribution in [0.3, 0.4) is 0 Å². The summed E-state index contributed by atoms with van der Waals surface area (Å²) in [5.74, 6) is 0. The minimum atomic E-state index is -4.11. The molecule has 0 aromatic rings. The maximum Gasteiger partial charge on any atom is 0.389 e. The molecule has 102 valence electrons. The highest BCUT2D eigenvalue weighted by molar-refractivity contribution is 4.90. The maximum atomic E-state index is 11.9.